The second kappa shape index (κ2) is 16.3. The van der Waals surface area contributed by atoms with Gasteiger partial charge in [0.2, 0.25) is 0 Å². The Balaban J connectivity index is 2.01. The first kappa shape index (κ1) is 33.1. The third-order valence-corrected chi connectivity index (χ3v) is 7.76. The van der Waals surface area contributed by atoms with E-state index in [1.54, 1.807) is 19.1 Å². The van der Waals surface area contributed by atoms with Crippen LogP contribution in [-0.2, 0) is 28.4 Å². The van der Waals surface area contributed by atoms with Gasteiger partial charge in [-0.1, -0.05) is 46.8 Å². The second-order valence-electron chi connectivity index (χ2n) is 8.48. The summed E-state index contributed by atoms with van der Waals surface area (Å²) in [4.78, 5) is 44.2. The van der Waals surface area contributed by atoms with Crippen LogP contribution in [0.3, 0.4) is 0 Å². The van der Waals surface area contributed by atoms with Crippen LogP contribution in [0.25, 0.3) is 0 Å². The monoisotopic (exact) mass is 633 g/mol. The highest BCUT2D eigenvalue weighted by molar-refractivity contribution is 7.37. The molecule has 3 unspecified atom stereocenters. The molecule has 3 rings (SSSR count). The molecule has 0 bridgehead atoms. The number of benzene rings is 2. The predicted molar refractivity (Wildman–Crippen MR) is 146 cm³/mol. The van der Waals surface area contributed by atoms with Crippen LogP contribution in [0.1, 0.15) is 45.7 Å². The molecule has 2 amide bonds. The smallest absolute Gasteiger partial charge is 0.315 e. The average molecular weight is 634 g/mol. The summed E-state index contributed by atoms with van der Waals surface area (Å²) in [5.74, 6) is -1.59. The number of halogens is 2. The number of fused-ring (bicyclic) bond motifs is 1. The van der Waals surface area contributed by atoms with E-state index in [-0.39, 0.29) is 71.5 Å². The summed E-state index contributed by atoms with van der Waals surface area (Å²) >= 11 is 13.3. The zero-order chi connectivity index (χ0) is 29.9. The van der Waals surface area contributed by atoms with Crippen molar-refractivity contribution < 1.29 is 52.3 Å². The summed E-state index contributed by atoms with van der Waals surface area (Å²) in [5, 5.41) is 0.371. The van der Waals surface area contributed by atoms with E-state index >= 15 is 0 Å². The van der Waals surface area contributed by atoms with Crippen LogP contribution in [0.2, 0.25) is 10.0 Å². The van der Waals surface area contributed by atoms with Gasteiger partial charge >= 0.3 is 8.03 Å². The first-order valence-electron chi connectivity index (χ1n) is 12.5. The molecular weight excluding hydrogens is 604 g/mol. The first-order valence-corrected chi connectivity index (χ1v) is 14.5. The van der Waals surface area contributed by atoms with Crippen molar-refractivity contribution in [3.05, 3.63) is 57.1 Å². The minimum atomic E-state index is -3.13. The molecule has 0 radical (unpaired) electrons. The van der Waals surface area contributed by atoms with Crippen molar-refractivity contribution in [1.29, 1.82) is 0 Å². The van der Waals surface area contributed by atoms with E-state index in [4.69, 9.17) is 56.5 Å². The zero-order valence-corrected chi connectivity index (χ0v) is 25.0. The lowest BCUT2D eigenvalue weighted by molar-refractivity contribution is -0.177. The van der Waals surface area contributed by atoms with E-state index in [9.17, 15) is 19.0 Å². The van der Waals surface area contributed by atoms with Gasteiger partial charge in [-0.3, -0.25) is 9.59 Å². The molecule has 3 atom stereocenters. The Morgan fingerprint density at radius 2 is 1.44 bits per heavy atom. The average Bonchev–Trinajstić information content (AvgIpc) is 3.19. The molecule has 41 heavy (non-hydrogen) atoms. The molecule has 0 aliphatic carbocycles. The molecule has 0 spiro atoms. The Morgan fingerprint density at radius 1 is 0.902 bits per heavy atom. The molecule has 0 saturated heterocycles. The van der Waals surface area contributed by atoms with Crippen molar-refractivity contribution in [3.63, 3.8) is 0 Å². The third-order valence-electron chi connectivity index (χ3n) is 5.92. The van der Waals surface area contributed by atoms with Gasteiger partial charge in [0.25, 0.3) is 11.8 Å². The van der Waals surface area contributed by atoms with Gasteiger partial charge in [-0.15, -0.1) is 5.06 Å². The molecule has 1 aliphatic heterocycles. The van der Waals surface area contributed by atoms with Crippen molar-refractivity contribution in [1.82, 2.24) is 5.06 Å². The predicted octanol–water partition coefficient (Wildman–Crippen LogP) is 4.14. The van der Waals surface area contributed by atoms with Gasteiger partial charge in [-0.2, -0.15) is 0 Å². The van der Waals surface area contributed by atoms with Gasteiger partial charge in [-0.25, -0.2) is 4.84 Å². The Hall–Kier alpha value is -2.38. The van der Waals surface area contributed by atoms with Crippen molar-refractivity contribution in [3.8, 4) is 11.5 Å². The fraction of sp³-hybridized carbons (Fsp3) is 0.462. The Morgan fingerprint density at radius 3 is 1.93 bits per heavy atom. The number of hydrogen-bond acceptors (Lipinski definition) is 11. The standard InChI is InChI=1S/C26H30Cl2NO11P/c1-4-20(41(32)33)22(40-29-25(30)16-7-5-6-8-17(16)26(29)31)18-13-19(27)23(38-14-36-11-9-34-2)24(21(18)28)39-15-37-12-10-35-3/h5-8,13,20,22H,4,9-12,14-15H2,1-3H3. The highest BCUT2D eigenvalue weighted by Crippen LogP contribution is 2.49. The molecule has 0 aromatic heterocycles. The summed E-state index contributed by atoms with van der Waals surface area (Å²) in [6.45, 7) is 2.16. The van der Waals surface area contributed by atoms with Crippen LogP contribution < -0.4 is 14.4 Å². The molecule has 1 heterocycles. The first-order chi connectivity index (χ1) is 19.8. The van der Waals surface area contributed by atoms with Crippen LogP contribution >= 0.6 is 31.2 Å². The number of imide groups is 1. The molecule has 12 nitrogen and oxygen atoms in total. The third kappa shape index (κ3) is 8.13. The van der Waals surface area contributed by atoms with Crippen LogP contribution in [0, 0.1) is 0 Å². The van der Waals surface area contributed by atoms with Crippen LogP contribution in [0.15, 0.2) is 30.3 Å². The quantitative estimate of drug-likeness (QED) is 0.101. The lowest BCUT2D eigenvalue weighted by Gasteiger charge is -2.27. The van der Waals surface area contributed by atoms with Crippen molar-refractivity contribution in [2.24, 2.45) is 0 Å². The van der Waals surface area contributed by atoms with E-state index in [2.05, 4.69) is 0 Å². The van der Waals surface area contributed by atoms with Crippen LogP contribution in [0.4, 0.5) is 0 Å². The van der Waals surface area contributed by atoms with Gasteiger partial charge in [-0.05, 0) is 24.6 Å². The number of ether oxygens (including phenoxy) is 6. The Kier molecular flexibility index (Phi) is 13.2. The summed E-state index contributed by atoms with van der Waals surface area (Å²) in [6.07, 6.45) is -1.38. The zero-order valence-electron chi connectivity index (χ0n) is 22.6. The molecule has 15 heteroatoms. The number of hydrogen-bond donors (Lipinski definition) is 0. The largest absolute Gasteiger partial charge is 0.595 e. The van der Waals surface area contributed by atoms with Crippen LogP contribution in [-0.4, -0.2) is 76.8 Å². The number of amides is 2. The number of carbonyl (C=O) groups is 2. The lowest BCUT2D eigenvalue weighted by Crippen LogP contribution is -2.35. The molecule has 224 valence electrons. The minimum absolute atomic E-state index is 0.00721. The fourth-order valence-corrected chi connectivity index (χ4v) is 5.16. The fourth-order valence-electron chi connectivity index (χ4n) is 3.86. The number of methoxy groups -OCH3 is 2. The minimum Gasteiger partial charge on any atom is -0.595 e. The Labute approximate surface area is 248 Å². The molecule has 2 aromatic rings. The SMILES string of the molecule is CCC(C(ON1C(=O)c2ccccc2C1=O)c1cc(Cl)c(OCOCCOC)c(OCOCCOC)c1Cl)[P+](=O)[O-]. The number of rotatable bonds is 18. The van der Waals surface area contributed by atoms with Crippen LogP contribution in [0.5, 0.6) is 11.5 Å². The number of hydroxylamine groups is 2. The molecule has 0 fully saturated rings. The highest BCUT2D eigenvalue weighted by atomic mass is 35.5. The summed E-state index contributed by atoms with van der Waals surface area (Å²) < 4.78 is 44.4. The van der Waals surface area contributed by atoms with Gasteiger partial charge < -0.3 is 33.3 Å². The number of nitrogens with zero attached hydrogens (tertiary/aromatic N) is 1. The van der Waals surface area contributed by atoms with E-state index in [1.165, 1.54) is 32.4 Å². The van der Waals surface area contributed by atoms with Gasteiger partial charge in [0.1, 0.15) is 0 Å². The van der Waals surface area contributed by atoms with E-state index < -0.39 is 31.6 Å². The van der Waals surface area contributed by atoms with Gasteiger partial charge in [0.05, 0.1) is 47.6 Å². The maximum Gasteiger partial charge on any atom is 0.315 e. The lowest BCUT2D eigenvalue weighted by atomic mass is 10.0. The van der Waals surface area contributed by atoms with Gasteiger partial charge in [0.15, 0.2) is 36.8 Å². The summed E-state index contributed by atoms with van der Waals surface area (Å²) in [7, 11) is -0.0896. The second-order valence-corrected chi connectivity index (χ2v) is 10.5. The van der Waals surface area contributed by atoms with E-state index in [0.29, 0.717) is 18.3 Å². The summed E-state index contributed by atoms with van der Waals surface area (Å²) in [6, 6.07) is 7.47. The van der Waals surface area contributed by atoms with Crippen molar-refractivity contribution >= 4 is 43.0 Å². The highest BCUT2D eigenvalue weighted by Gasteiger charge is 2.44. The molecular formula is C26H30Cl2NO11P. The van der Waals surface area contributed by atoms with E-state index in [0.717, 1.165) is 0 Å². The van der Waals surface area contributed by atoms with Crippen molar-refractivity contribution in [2.45, 2.75) is 25.1 Å². The normalized spacial score (nSPS) is 14.7. The topological polar surface area (TPSA) is 142 Å². The molecule has 0 N–H and O–H groups in total. The summed E-state index contributed by atoms with van der Waals surface area (Å²) in [5.41, 5.74) is -0.930. The van der Waals surface area contributed by atoms with Gasteiger partial charge in [0, 0.05) is 19.8 Å². The maximum absolute atomic E-state index is 13.0. The number of carbonyl (C=O) groups excluding carboxylic acids is 2. The molecule has 1 aliphatic rings. The Bertz CT molecular complexity index is 1200. The maximum atomic E-state index is 13.0. The van der Waals surface area contributed by atoms with E-state index in [1.807, 2.05) is 0 Å². The van der Waals surface area contributed by atoms with Crippen molar-refractivity contribution in [2.75, 3.05) is 54.2 Å². The molecule has 2 aromatic carbocycles. The molecule has 0 saturated carbocycles.